The molecule has 0 radical (unpaired) electrons. The largest absolute Gasteiger partial charge is 0.327 e. The highest BCUT2D eigenvalue weighted by molar-refractivity contribution is 7.85. The van der Waals surface area contributed by atoms with Crippen LogP contribution in [0.4, 0.5) is 0 Å². The van der Waals surface area contributed by atoms with Gasteiger partial charge in [-0.05, 0) is 54.6 Å². The van der Waals surface area contributed by atoms with Gasteiger partial charge in [-0.15, -0.1) is 0 Å². The monoisotopic (exact) mass is 711 g/mol. The van der Waals surface area contributed by atoms with E-state index >= 15 is 4.57 Å². The first-order valence-corrected chi connectivity index (χ1v) is 19.8. The van der Waals surface area contributed by atoms with Crippen molar-refractivity contribution in [2.75, 3.05) is 127 Å². The quantitative estimate of drug-likeness (QED) is 0.167. The Morgan fingerprint density at radius 3 is 0.560 bits per heavy atom. The van der Waals surface area contributed by atoms with Gasteiger partial charge in [0, 0.05) is 49.3 Å². The Morgan fingerprint density at radius 1 is 0.300 bits per heavy atom. The maximum atomic E-state index is 16.9. The summed E-state index contributed by atoms with van der Waals surface area (Å²) in [5.41, 5.74) is 7.43. The lowest BCUT2D eigenvalue weighted by Crippen LogP contribution is -2.37. The smallest absolute Gasteiger partial charge is 0.171 e. The highest BCUT2D eigenvalue weighted by Gasteiger charge is 2.34. The second kappa shape index (κ2) is 14.6. The van der Waals surface area contributed by atoms with Gasteiger partial charge in [0.15, 0.2) is 7.14 Å². The van der Waals surface area contributed by atoms with Crippen molar-refractivity contribution in [3.05, 3.63) is 88.0 Å². The van der Waals surface area contributed by atoms with Gasteiger partial charge in [-0.25, -0.2) is 0 Å². The Morgan fingerprint density at radius 2 is 0.440 bits per heavy atom. The molecule has 0 aliphatic rings. The number of hydrogen-bond acceptors (Lipinski definition) is 1. The van der Waals surface area contributed by atoms with E-state index in [9.17, 15) is 0 Å². The van der Waals surface area contributed by atoms with Crippen molar-refractivity contribution in [1.29, 1.82) is 0 Å². The Hall–Kier alpha value is -2.35. The fourth-order valence-electron chi connectivity index (χ4n) is 7.06. The zero-order chi connectivity index (χ0) is 38.3. The minimum absolute atomic E-state index is 0.802. The molecule has 7 nitrogen and oxygen atoms in total. The molecule has 0 unspecified atom stereocenters. The third-order valence-electron chi connectivity index (χ3n) is 8.14. The zero-order valence-electron chi connectivity index (χ0n) is 35.5. The number of benzene rings is 3. The Labute approximate surface area is 307 Å². The van der Waals surface area contributed by atoms with Crippen LogP contribution in [-0.2, 0) is 43.8 Å². The van der Waals surface area contributed by atoms with E-state index in [2.05, 4.69) is 181 Å². The van der Waals surface area contributed by atoms with Gasteiger partial charge in [-0.1, -0.05) is 0 Å². The number of rotatable bonds is 15. The molecule has 0 aliphatic heterocycles. The predicted molar refractivity (Wildman–Crippen MR) is 216 cm³/mol. The molecule has 0 heterocycles. The summed E-state index contributed by atoms with van der Waals surface area (Å²) in [6.07, 6.45) is 0. The van der Waals surface area contributed by atoms with Gasteiger partial charge in [-0.2, -0.15) is 0 Å². The SMILES string of the molecule is C[N+](C)(C)Cc1cc(C[N+](C)(C)C)cc(P(=O)(c2cc(C[N+](C)(C)C)cc(C[N+](C)(C)C)c2)c2cc(C[N+](C)(C)C)cc(C[N+](C)(C)C)c2)c1. The van der Waals surface area contributed by atoms with Crippen molar-refractivity contribution < 1.29 is 31.5 Å². The first kappa shape index (κ1) is 42.1. The molecule has 0 spiro atoms. The molecule has 0 bridgehead atoms. The lowest BCUT2D eigenvalue weighted by Gasteiger charge is -2.30. The molecule has 278 valence electrons. The van der Waals surface area contributed by atoms with Crippen LogP contribution in [0.25, 0.3) is 0 Å². The highest BCUT2D eigenvalue weighted by atomic mass is 31.2. The number of nitrogens with zero attached hydrogens (tertiary/aromatic N) is 6. The van der Waals surface area contributed by atoms with Crippen LogP contribution in [0.15, 0.2) is 54.6 Å². The van der Waals surface area contributed by atoms with Crippen molar-refractivity contribution in [3.63, 3.8) is 0 Å². The molecule has 0 fully saturated rings. The highest BCUT2D eigenvalue weighted by Crippen LogP contribution is 2.44. The van der Waals surface area contributed by atoms with E-state index < -0.39 is 7.14 Å². The molecule has 0 saturated heterocycles. The normalized spacial score (nSPS) is 14.0. The van der Waals surface area contributed by atoms with E-state index in [-0.39, 0.29) is 0 Å². The van der Waals surface area contributed by atoms with Crippen molar-refractivity contribution in [2.45, 2.75) is 39.3 Å². The average molecular weight is 711 g/mol. The zero-order valence-corrected chi connectivity index (χ0v) is 36.4. The molecule has 50 heavy (non-hydrogen) atoms. The molecule has 0 aromatic heterocycles. The van der Waals surface area contributed by atoms with Crippen LogP contribution < -0.4 is 15.9 Å². The second-order valence-corrected chi connectivity index (χ2v) is 24.1. The maximum Gasteiger partial charge on any atom is 0.171 e. The molecular weight excluding hydrogens is 635 g/mol. The van der Waals surface area contributed by atoms with Crippen LogP contribution in [0.3, 0.4) is 0 Å². The lowest BCUT2D eigenvalue weighted by molar-refractivity contribution is -0.884. The van der Waals surface area contributed by atoms with Crippen molar-refractivity contribution in [2.24, 2.45) is 0 Å². The van der Waals surface area contributed by atoms with Crippen LogP contribution in [0.2, 0.25) is 0 Å². The third kappa shape index (κ3) is 13.7. The van der Waals surface area contributed by atoms with Crippen molar-refractivity contribution in [3.8, 4) is 0 Å². The minimum Gasteiger partial charge on any atom is -0.327 e. The number of quaternary nitrogens is 6. The van der Waals surface area contributed by atoms with Crippen molar-refractivity contribution in [1.82, 2.24) is 0 Å². The van der Waals surface area contributed by atoms with Gasteiger partial charge in [-0.3, -0.25) is 0 Å². The fourth-order valence-corrected chi connectivity index (χ4v) is 10.0. The van der Waals surface area contributed by atoms with Gasteiger partial charge in [0.25, 0.3) is 0 Å². The fraction of sp³-hybridized carbons (Fsp3) is 0.571. The topological polar surface area (TPSA) is 17.1 Å². The molecule has 0 amide bonds. The average Bonchev–Trinajstić information content (AvgIpc) is 2.81. The van der Waals surface area contributed by atoms with E-state index in [0.29, 0.717) is 0 Å². The first-order valence-electron chi connectivity index (χ1n) is 18.1. The van der Waals surface area contributed by atoms with E-state index in [0.717, 1.165) is 82.1 Å². The lowest BCUT2D eigenvalue weighted by atomic mass is 10.1. The molecule has 0 saturated carbocycles. The van der Waals surface area contributed by atoms with Crippen LogP contribution in [0.5, 0.6) is 0 Å². The summed E-state index contributed by atoms with van der Waals surface area (Å²) in [6.45, 7) is 5.17. The minimum atomic E-state index is -3.37. The summed E-state index contributed by atoms with van der Waals surface area (Å²) < 4.78 is 21.7. The van der Waals surface area contributed by atoms with Gasteiger partial charge in [0.2, 0.25) is 0 Å². The molecule has 0 N–H and O–H groups in total. The predicted octanol–water partition coefficient (Wildman–Crippen LogP) is 4.56. The first-order chi connectivity index (χ1) is 22.3. The maximum absolute atomic E-state index is 16.9. The summed E-state index contributed by atoms with van der Waals surface area (Å²) in [4.78, 5) is 0. The molecule has 3 aromatic carbocycles. The summed E-state index contributed by atoms with van der Waals surface area (Å²) in [7, 11) is 36.9. The second-order valence-electron chi connectivity index (χ2n) is 21.3. The van der Waals surface area contributed by atoms with Crippen LogP contribution in [0.1, 0.15) is 33.4 Å². The van der Waals surface area contributed by atoms with Gasteiger partial charge in [0.1, 0.15) is 39.3 Å². The molecule has 0 aliphatic carbocycles. The standard InChI is InChI=1S/C42H75N6OP/c1-43(2,3)28-34-19-35(29-44(4,5)6)23-40(22-34)50(49,41-24-36(30-45(7,8)9)20-37(25-41)31-46(10,11)12)42-26-38(32-47(13,14)15)21-39(27-42)33-48(16,17)18/h19-27H,28-33H2,1-18H3/q+6. The van der Waals surface area contributed by atoms with Gasteiger partial charge < -0.3 is 31.5 Å². The van der Waals surface area contributed by atoms with E-state index in [4.69, 9.17) is 0 Å². The van der Waals surface area contributed by atoms with Crippen molar-refractivity contribution >= 4 is 23.1 Å². The molecule has 0 atom stereocenters. The Balaban J connectivity index is 2.57. The van der Waals surface area contributed by atoms with E-state index in [1.807, 2.05) is 0 Å². The summed E-state index contributed by atoms with van der Waals surface area (Å²) in [5.74, 6) is 0. The summed E-state index contributed by atoms with van der Waals surface area (Å²) >= 11 is 0. The molecule has 3 aromatic rings. The van der Waals surface area contributed by atoms with Crippen LogP contribution >= 0.6 is 7.14 Å². The van der Waals surface area contributed by atoms with Gasteiger partial charge in [0.05, 0.1) is 127 Å². The van der Waals surface area contributed by atoms with Crippen LogP contribution in [-0.4, -0.2) is 154 Å². The van der Waals surface area contributed by atoms with Crippen LogP contribution in [0, 0.1) is 0 Å². The molecule has 3 rings (SSSR count). The molecule has 8 heteroatoms. The summed E-state index contributed by atoms with van der Waals surface area (Å²) in [6, 6.07) is 20.7. The van der Waals surface area contributed by atoms with Gasteiger partial charge >= 0.3 is 0 Å². The summed E-state index contributed by atoms with van der Waals surface area (Å²) in [5, 5.41) is 2.84. The Bertz CT molecular complexity index is 1380. The van der Waals surface area contributed by atoms with E-state index in [1.165, 1.54) is 33.4 Å². The number of hydrogen-bond donors (Lipinski definition) is 0. The Kier molecular flexibility index (Phi) is 12.3. The molecular formula is C42H75N6OP+6. The van der Waals surface area contributed by atoms with E-state index in [1.54, 1.807) is 0 Å². The third-order valence-corrected chi connectivity index (χ3v) is 11.1.